The SMILES string of the molecule is C=C(Cl)COc1ccc(Br)cc1CN(CC)c1ncccc1C#N. The minimum absolute atomic E-state index is 0.245. The third-order valence-electron chi connectivity index (χ3n) is 3.36. The number of hydrogen-bond acceptors (Lipinski definition) is 4. The van der Waals surface area contributed by atoms with Crippen molar-refractivity contribution in [1.82, 2.24) is 4.98 Å². The van der Waals surface area contributed by atoms with E-state index in [1.54, 1.807) is 18.3 Å². The highest BCUT2D eigenvalue weighted by atomic mass is 79.9. The van der Waals surface area contributed by atoms with Gasteiger partial charge in [0.2, 0.25) is 0 Å². The van der Waals surface area contributed by atoms with Gasteiger partial charge in [0, 0.05) is 34.4 Å². The van der Waals surface area contributed by atoms with Crippen LogP contribution in [0.25, 0.3) is 0 Å². The van der Waals surface area contributed by atoms with Gasteiger partial charge in [0.15, 0.2) is 0 Å². The zero-order chi connectivity index (χ0) is 17.5. The van der Waals surface area contributed by atoms with Crippen molar-refractivity contribution in [3.8, 4) is 11.8 Å². The van der Waals surface area contributed by atoms with Crippen LogP contribution in [0.5, 0.6) is 5.75 Å². The second kappa shape index (κ2) is 8.72. The molecule has 0 aliphatic heterocycles. The number of anilines is 1. The summed E-state index contributed by atoms with van der Waals surface area (Å²) >= 11 is 9.28. The molecule has 2 aromatic rings. The molecule has 4 nitrogen and oxygen atoms in total. The molecule has 0 aliphatic carbocycles. The van der Waals surface area contributed by atoms with Gasteiger partial charge < -0.3 is 9.64 Å². The van der Waals surface area contributed by atoms with Gasteiger partial charge in [-0.1, -0.05) is 34.1 Å². The summed E-state index contributed by atoms with van der Waals surface area (Å²) in [6, 6.07) is 11.5. The fourth-order valence-electron chi connectivity index (χ4n) is 2.25. The molecule has 0 spiro atoms. The van der Waals surface area contributed by atoms with Gasteiger partial charge in [0.1, 0.15) is 24.2 Å². The van der Waals surface area contributed by atoms with Crippen LogP contribution in [-0.4, -0.2) is 18.1 Å². The van der Waals surface area contributed by atoms with Crippen LogP contribution in [0.15, 0.2) is 52.6 Å². The number of pyridine rings is 1. The van der Waals surface area contributed by atoms with Gasteiger partial charge in [-0.25, -0.2) is 4.98 Å². The first kappa shape index (κ1) is 18.3. The van der Waals surface area contributed by atoms with E-state index in [9.17, 15) is 5.26 Å². The van der Waals surface area contributed by atoms with Gasteiger partial charge >= 0.3 is 0 Å². The van der Waals surface area contributed by atoms with Gasteiger partial charge in [0.05, 0.1) is 5.56 Å². The largest absolute Gasteiger partial charge is 0.488 e. The number of aromatic nitrogens is 1. The van der Waals surface area contributed by atoms with Crippen molar-refractivity contribution in [3.05, 3.63) is 63.7 Å². The Hall–Kier alpha value is -2.03. The molecular weight excluding hydrogens is 390 g/mol. The predicted octanol–water partition coefficient (Wildman–Crippen LogP) is 4.87. The highest BCUT2D eigenvalue weighted by molar-refractivity contribution is 9.10. The second-order valence-corrected chi connectivity index (χ2v) is 6.51. The molecule has 0 saturated carbocycles. The van der Waals surface area contributed by atoms with Crippen LogP contribution in [-0.2, 0) is 6.54 Å². The minimum Gasteiger partial charge on any atom is -0.488 e. The van der Waals surface area contributed by atoms with Crippen LogP contribution in [0.4, 0.5) is 5.82 Å². The van der Waals surface area contributed by atoms with E-state index < -0.39 is 0 Å². The van der Waals surface area contributed by atoms with Crippen molar-refractivity contribution >= 4 is 33.3 Å². The Bertz CT molecular complexity index is 773. The molecule has 0 fully saturated rings. The molecule has 1 aromatic carbocycles. The maximum absolute atomic E-state index is 9.30. The van der Waals surface area contributed by atoms with Crippen molar-refractivity contribution in [2.24, 2.45) is 0 Å². The maximum Gasteiger partial charge on any atom is 0.146 e. The normalized spacial score (nSPS) is 10.1. The number of halogens is 2. The summed E-state index contributed by atoms with van der Waals surface area (Å²) < 4.78 is 6.68. The Morgan fingerprint density at radius 2 is 2.25 bits per heavy atom. The summed E-state index contributed by atoms with van der Waals surface area (Å²) in [5, 5.41) is 9.74. The summed E-state index contributed by atoms with van der Waals surface area (Å²) in [4.78, 5) is 6.39. The van der Waals surface area contributed by atoms with E-state index in [-0.39, 0.29) is 6.61 Å². The van der Waals surface area contributed by atoms with Crippen molar-refractivity contribution in [2.75, 3.05) is 18.1 Å². The van der Waals surface area contributed by atoms with E-state index in [0.29, 0.717) is 29.5 Å². The van der Waals surface area contributed by atoms with Crippen LogP contribution in [0, 0.1) is 11.3 Å². The first-order valence-corrected chi connectivity index (χ1v) is 8.56. The van der Waals surface area contributed by atoms with E-state index in [1.807, 2.05) is 30.0 Å². The first-order valence-electron chi connectivity index (χ1n) is 7.39. The quantitative estimate of drug-likeness (QED) is 0.658. The molecule has 0 bridgehead atoms. The maximum atomic E-state index is 9.30. The molecular formula is C18H17BrClN3O. The van der Waals surface area contributed by atoms with E-state index in [0.717, 1.165) is 15.8 Å². The topological polar surface area (TPSA) is 49.1 Å². The zero-order valence-corrected chi connectivity index (χ0v) is 15.6. The molecule has 1 heterocycles. The third-order valence-corrected chi connectivity index (χ3v) is 3.96. The molecule has 2 rings (SSSR count). The number of ether oxygens (including phenoxy) is 1. The molecule has 6 heteroatoms. The van der Waals surface area contributed by atoms with Crippen molar-refractivity contribution in [3.63, 3.8) is 0 Å². The van der Waals surface area contributed by atoms with Crippen molar-refractivity contribution in [2.45, 2.75) is 13.5 Å². The molecule has 124 valence electrons. The molecule has 24 heavy (non-hydrogen) atoms. The van der Waals surface area contributed by atoms with Gasteiger partial charge in [-0.3, -0.25) is 0 Å². The highest BCUT2D eigenvalue weighted by Crippen LogP contribution is 2.27. The van der Waals surface area contributed by atoms with E-state index in [1.165, 1.54) is 0 Å². The molecule has 1 aromatic heterocycles. The van der Waals surface area contributed by atoms with E-state index >= 15 is 0 Å². The Morgan fingerprint density at radius 3 is 2.92 bits per heavy atom. The lowest BCUT2D eigenvalue weighted by molar-refractivity contribution is 0.355. The van der Waals surface area contributed by atoms with Crippen molar-refractivity contribution < 1.29 is 4.74 Å². The van der Waals surface area contributed by atoms with Gasteiger partial charge in [-0.05, 0) is 37.3 Å². The summed E-state index contributed by atoms with van der Waals surface area (Å²) in [5.41, 5.74) is 1.52. The zero-order valence-electron chi connectivity index (χ0n) is 13.3. The molecule has 0 saturated heterocycles. The summed E-state index contributed by atoms with van der Waals surface area (Å²) in [6.07, 6.45) is 1.69. The third kappa shape index (κ3) is 4.73. The fourth-order valence-corrected chi connectivity index (χ4v) is 2.71. The summed E-state index contributed by atoms with van der Waals surface area (Å²) in [7, 11) is 0. The predicted molar refractivity (Wildman–Crippen MR) is 100 cm³/mol. The first-order chi connectivity index (χ1) is 11.5. The lowest BCUT2D eigenvalue weighted by atomic mass is 10.1. The molecule has 0 atom stereocenters. The van der Waals surface area contributed by atoms with Crippen LogP contribution in [0.3, 0.4) is 0 Å². The number of hydrogen-bond donors (Lipinski definition) is 0. The van der Waals surface area contributed by atoms with Crippen LogP contribution in [0.2, 0.25) is 0 Å². The average molecular weight is 407 g/mol. The molecule has 0 aliphatic rings. The van der Waals surface area contributed by atoms with Crippen LogP contribution >= 0.6 is 27.5 Å². The lowest BCUT2D eigenvalue weighted by Crippen LogP contribution is -2.24. The fraction of sp³-hybridized carbons (Fsp3) is 0.222. The van der Waals surface area contributed by atoms with Gasteiger partial charge in [-0.2, -0.15) is 5.26 Å². The summed E-state index contributed by atoms with van der Waals surface area (Å²) in [6.45, 7) is 7.18. The molecule has 0 amide bonds. The lowest BCUT2D eigenvalue weighted by Gasteiger charge is -2.24. The van der Waals surface area contributed by atoms with E-state index in [4.69, 9.17) is 16.3 Å². The Kier molecular flexibility index (Phi) is 6.65. The Morgan fingerprint density at radius 1 is 1.46 bits per heavy atom. The van der Waals surface area contributed by atoms with E-state index in [2.05, 4.69) is 33.6 Å². The smallest absolute Gasteiger partial charge is 0.146 e. The van der Waals surface area contributed by atoms with Gasteiger partial charge in [-0.15, -0.1) is 0 Å². The van der Waals surface area contributed by atoms with Crippen molar-refractivity contribution in [1.29, 1.82) is 5.26 Å². The molecule has 0 N–H and O–H groups in total. The van der Waals surface area contributed by atoms with Crippen LogP contribution < -0.4 is 9.64 Å². The number of rotatable bonds is 7. The standard InChI is InChI=1S/C18H17BrClN3O/c1-3-23(18-14(10-21)5-4-8-22-18)11-15-9-16(19)6-7-17(15)24-12-13(2)20/h4-9H,2-3,11-12H2,1H3. The van der Waals surface area contributed by atoms with Crippen LogP contribution in [0.1, 0.15) is 18.1 Å². The minimum atomic E-state index is 0.245. The van der Waals surface area contributed by atoms with Gasteiger partial charge in [0.25, 0.3) is 0 Å². The Labute approximate surface area is 155 Å². The number of nitrogens with zero attached hydrogens (tertiary/aromatic N) is 3. The number of benzene rings is 1. The number of nitriles is 1. The highest BCUT2D eigenvalue weighted by Gasteiger charge is 2.14. The average Bonchev–Trinajstić information content (AvgIpc) is 2.58. The molecule has 0 radical (unpaired) electrons. The monoisotopic (exact) mass is 405 g/mol. The summed E-state index contributed by atoms with van der Waals surface area (Å²) in [5.74, 6) is 1.39. The Balaban J connectivity index is 2.32. The molecule has 0 unspecified atom stereocenters. The second-order valence-electron chi connectivity index (χ2n) is 5.06.